The van der Waals surface area contributed by atoms with Gasteiger partial charge in [-0.15, -0.1) is 0 Å². The molecular formula is C23H31N5O3. The van der Waals surface area contributed by atoms with Gasteiger partial charge in [-0.3, -0.25) is 9.78 Å². The molecule has 1 aromatic heterocycles. The number of aromatic nitrogens is 1. The van der Waals surface area contributed by atoms with Crippen LogP contribution in [0.3, 0.4) is 0 Å². The number of nitrogens with two attached hydrogens (primary N) is 1. The first kappa shape index (κ1) is 22.6. The summed E-state index contributed by atoms with van der Waals surface area (Å²) < 4.78 is 5.32. The molecule has 166 valence electrons. The third-order valence-electron chi connectivity index (χ3n) is 5.37. The Kier molecular flexibility index (Phi) is 8.66. The summed E-state index contributed by atoms with van der Waals surface area (Å²) in [6, 6.07) is 12.8. The Balaban J connectivity index is 1.53. The number of piperazine rings is 1. The maximum Gasteiger partial charge on any atom is 0.408 e. The molecule has 8 nitrogen and oxygen atoms in total. The van der Waals surface area contributed by atoms with Crippen molar-refractivity contribution in [3.63, 3.8) is 0 Å². The summed E-state index contributed by atoms with van der Waals surface area (Å²) in [6.45, 7) is 3.42. The Hall–Kier alpha value is -3.13. The summed E-state index contributed by atoms with van der Waals surface area (Å²) in [5.41, 5.74) is 7.60. The molecule has 3 rings (SSSR count). The zero-order valence-electron chi connectivity index (χ0n) is 17.8. The molecule has 1 atom stereocenters. The van der Waals surface area contributed by atoms with Gasteiger partial charge in [-0.05, 0) is 43.5 Å². The molecule has 0 spiro atoms. The minimum Gasteiger partial charge on any atom is -0.445 e. The van der Waals surface area contributed by atoms with Gasteiger partial charge in [-0.2, -0.15) is 0 Å². The predicted molar refractivity (Wildman–Crippen MR) is 119 cm³/mol. The second-order valence-electron chi connectivity index (χ2n) is 7.56. The highest BCUT2D eigenvalue weighted by atomic mass is 16.5. The van der Waals surface area contributed by atoms with E-state index in [1.807, 2.05) is 47.4 Å². The molecule has 2 amide bonds. The number of pyridine rings is 1. The lowest BCUT2D eigenvalue weighted by Gasteiger charge is -2.37. The lowest BCUT2D eigenvalue weighted by molar-refractivity contribution is -0.133. The number of anilines is 1. The fourth-order valence-corrected chi connectivity index (χ4v) is 3.62. The van der Waals surface area contributed by atoms with Crippen LogP contribution in [0.5, 0.6) is 0 Å². The van der Waals surface area contributed by atoms with Gasteiger partial charge >= 0.3 is 6.09 Å². The molecule has 0 bridgehead atoms. The normalized spacial score (nSPS) is 14.7. The quantitative estimate of drug-likeness (QED) is 0.597. The molecule has 1 aliphatic rings. The first-order valence-electron chi connectivity index (χ1n) is 10.8. The highest BCUT2D eigenvalue weighted by Crippen LogP contribution is 2.16. The number of amides is 2. The minimum absolute atomic E-state index is 0.0666. The SMILES string of the molecule is NCCCCC(NC(=O)OCc1ccccc1)C(=O)N1CCN(c2ccncc2)CC1. The zero-order chi connectivity index (χ0) is 21.9. The Morgan fingerprint density at radius 1 is 1.03 bits per heavy atom. The number of alkyl carbamates (subject to hydrolysis) is 1. The monoisotopic (exact) mass is 425 g/mol. The maximum atomic E-state index is 13.1. The van der Waals surface area contributed by atoms with Crippen molar-refractivity contribution in [1.29, 1.82) is 0 Å². The Morgan fingerprint density at radius 3 is 2.42 bits per heavy atom. The van der Waals surface area contributed by atoms with E-state index in [-0.39, 0.29) is 12.5 Å². The van der Waals surface area contributed by atoms with Crippen LogP contribution in [0.4, 0.5) is 10.5 Å². The zero-order valence-corrected chi connectivity index (χ0v) is 17.8. The number of nitrogens with zero attached hydrogens (tertiary/aromatic N) is 3. The lowest BCUT2D eigenvalue weighted by Crippen LogP contribution is -2.55. The summed E-state index contributed by atoms with van der Waals surface area (Å²) in [6.07, 6.45) is 5.08. The van der Waals surface area contributed by atoms with Gasteiger partial charge in [0, 0.05) is 44.3 Å². The number of hydrogen-bond acceptors (Lipinski definition) is 6. The van der Waals surface area contributed by atoms with Crippen molar-refractivity contribution in [3.8, 4) is 0 Å². The molecule has 0 aliphatic carbocycles. The molecule has 1 saturated heterocycles. The van der Waals surface area contributed by atoms with Gasteiger partial charge in [0.2, 0.25) is 5.91 Å². The van der Waals surface area contributed by atoms with Gasteiger partial charge in [0.1, 0.15) is 12.6 Å². The van der Waals surface area contributed by atoms with Gasteiger partial charge in [0.25, 0.3) is 0 Å². The second kappa shape index (κ2) is 11.9. The van der Waals surface area contributed by atoms with E-state index in [9.17, 15) is 9.59 Å². The highest BCUT2D eigenvalue weighted by molar-refractivity contribution is 5.86. The molecule has 1 aromatic carbocycles. The number of unbranched alkanes of at least 4 members (excludes halogenated alkanes) is 1. The molecular weight excluding hydrogens is 394 g/mol. The Morgan fingerprint density at radius 2 is 1.74 bits per heavy atom. The molecule has 2 aromatic rings. The van der Waals surface area contributed by atoms with E-state index in [0.717, 1.165) is 37.2 Å². The first-order chi connectivity index (χ1) is 15.2. The van der Waals surface area contributed by atoms with E-state index in [1.54, 1.807) is 12.4 Å². The standard InChI is InChI=1S/C23H31N5O3/c24-11-5-4-8-21(26-23(30)31-18-19-6-2-1-3-7-19)22(29)28-16-14-27(15-17-28)20-9-12-25-13-10-20/h1-3,6-7,9-10,12-13,21H,4-5,8,11,14-18,24H2,(H,26,30). The highest BCUT2D eigenvalue weighted by Gasteiger charge is 2.29. The smallest absolute Gasteiger partial charge is 0.408 e. The van der Waals surface area contributed by atoms with Crippen LogP contribution in [0.15, 0.2) is 54.9 Å². The average Bonchev–Trinajstić information content (AvgIpc) is 2.83. The van der Waals surface area contributed by atoms with Crippen LogP contribution < -0.4 is 16.0 Å². The van der Waals surface area contributed by atoms with Crippen LogP contribution in [0.1, 0.15) is 24.8 Å². The van der Waals surface area contributed by atoms with E-state index >= 15 is 0 Å². The van der Waals surface area contributed by atoms with Crippen LogP contribution in [-0.2, 0) is 16.1 Å². The van der Waals surface area contributed by atoms with Crippen LogP contribution in [-0.4, -0.2) is 60.6 Å². The number of benzene rings is 1. The van der Waals surface area contributed by atoms with E-state index in [2.05, 4.69) is 15.2 Å². The number of ether oxygens (including phenoxy) is 1. The largest absolute Gasteiger partial charge is 0.445 e. The van der Waals surface area contributed by atoms with Crippen molar-refractivity contribution in [2.24, 2.45) is 5.73 Å². The van der Waals surface area contributed by atoms with Crippen molar-refractivity contribution in [1.82, 2.24) is 15.2 Å². The first-order valence-corrected chi connectivity index (χ1v) is 10.8. The van der Waals surface area contributed by atoms with Gasteiger partial charge in [-0.1, -0.05) is 30.3 Å². The van der Waals surface area contributed by atoms with E-state index in [4.69, 9.17) is 10.5 Å². The van der Waals surface area contributed by atoms with Crippen molar-refractivity contribution in [2.45, 2.75) is 31.9 Å². The Labute approximate surface area is 183 Å². The lowest BCUT2D eigenvalue weighted by atomic mass is 10.1. The van der Waals surface area contributed by atoms with Crippen molar-refractivity contribution in [2.75, 3.05) is 37.6 Å². The van der Waals surface area contributed by atoms with Crippen molar-refractivity contribution in [3.05, 3.63) is 60.4 Å². The van der Waals surface area contributed by atoms with E-state index in [0.29, 0.717) is 26.1 Å². The Bertz CT molecular complexity index is 810. The third-order valence-corrected chi connectivity index (χ3v) is 5.37. The molecule has 2 heterocycles. The maximum absolute atomic E-state index is 13.1. The van der Waals surface area contributed by atoms with Crippen LogP contribution >= 0.6 is 0 Å². The molecule has 0 radical (unpaired) electrons. The fraction of sp³-hybridized carbons (Fsp3) is 0.435. The van der Waals surface area contributed by atoms with Crippen LogP contribution in [0, 0.1) is 0 Å². The topological polar surface area (TPSA) is 101 Å². The fourth-order valence-electron chi connectivity index (χ4n) is 3.62. The number of rotatable bonds is 9. The van der Waals surface area contributed by atoms with Gasteiger partial charge < -0.3 is 25.6 Å². The van der Waals surface area contributed by atoms with Crippen molar-refractivity contribution >= 4 is 17.7 Å². The molecule has 8 heteroatoms. The molecule has 31 heavy (non-hydrogen) atoms. The van der Waals surface area contributed by atoms with Gasteiger partial charge in [-0.25, -0.2) is 4.79 Å². The summed E-state index contributed by atoms with van der Waals surface area (Å²) >= 11 is 0. The third kappa shape index (κ3) is 6.96. The second-order valence-corrected chi connectivity index (χ2v) is 7.56. The summed E-state index contributed by atoms with van der Waals surface area (Å²) in [5, 5.41) is 2.77. The van der Waals surface area contributed by atoms with Gasteiger partial charge in [0.15, 0.2) is 0 Å². The van der Waals surface area contributed by atoms with Crippen LogP contribution in [0.2, 0.25) is 0 Å². The average molecular weight is 426 g/mol. The summed E-state index contributed by atoms with van der Waals surface area (Å²) in [7, 11) is 0. The van der Waals surface area contributed by atoms with Crippen molar-refractivity contribution < 1.29 is 14.3 Å². The van der Waals surface area contributed by atoms with E-state index in [1.165, 1.54) is 0 Å². The molecule has 1 fully saturated rings. The summed E-state index contributed by atoms with van der Waals surface area (Å²) in [5.74, 6) is -0.0666. The molecule has 1 unspecified atom stereocenters. The number of carbonyl (C=O) groups excluding carboxylic acids is 2. The summed E-state index contributed by atoms with van der Waals surface area (Å²) in [4.78, 5) is 33.6. The number of carbonyl (C=O) groups is 2. The van der Waals surface area contributed by atoms with Crippen LogP contribution in [0.25, 0.3) is 0 Å². The van der Waals surface area contributed by atoms with E-state index < -0.39 is 12.1 Å². The molecule has 3 N–H and O–H groups in total. The number of hydrogen-bond donors (Lipinski definition) is 2. The molecule has 0 saturated carbocycles. The van der Waals surface area contributed by atoms with Gasteiger partial charge in [0.05, 0.1) is 0 Å². The minimum atomic E-state index is -0.609. The number of nitrogens with one attached hydrogen (secondary N) is 1. The predicted octanol–water partition coefficient (Wildman–Crippen LogP) is 2.15. The molecule has 1 aliphatic heterocycles.